The maximum absolute atomic E-state index is 13.9. The van der Waals surface area contributed by atoms with Crippen LogP contribution in [0.2, 0.25) is 0 Å². The molecule has 7 rings (SSSR count). The molecule has 11 heteroatoms. The number of fused-ring (bicyclic) bond motifs is 3. The second-order valence-corrected chi connectivity index (χ2v) is 14.5. The Labute approximate surface area is 293 Å². The lowest BCUT2D eigenvalue weighted by Gasteiger charge is -2.36. The van der Waals surface area contributed by atoms with E-state index in [4.69, 9.17) is 4.74 Å². The van der Waals surface area contributed by atoms with Gasteiger partial charge in [-0.25, -0.2) is 9.78 Å². The maximum Gasteiger partial charge on any atom is 0.410 e. The molecule has 3 aliphatic rings. The summed E-state index contributed by atoms with van der Waals surface area (Å²) < 4.78 is 9.36. The number of hydrogen-bond donors (Lipinski definition) is 1. The van der Waals surface area contributed by atoms with Gasteiger partial charge in [-0.2, -0.15) is 0 Å². The number of nitrogens with one attached hydrogen (secondary N) is 1. The van der Waals surface area contributed by atoms with Crippen molar-refractivity contribution in [2.24, 2.45) is 7.05 Å². The third-order valence-electron chi connectivity index (χ3n) is 10.0. The van der Waals surface area contributed by atoms with Crippen LogP contribution in [-0.4, -0.2) is 69.3 Å². The number of nitrogens with zero attached hydrogens (tertiary/aromatic N) is 6. The monoisotopic (exact) mass is 677 g/mol. The first kappa shape index (κ1) is 33.4. The number of rotatable bonds is 6. The highest BCUT2D eigenvalue weighted by molar-refractivity contribution is 6.07. The molecule has 0 atom stereocenters. The van der Waals surface area contributed by atoms with Crippen molar-refractivity contribution in [3.05, 3.63) is 87.7 Å². The van der Waals surface area contributed by atoms with E-state index >= 15 is 0 Å². The van der Waals surface area contributed by atoms with E-state index in [9.17, 15) is 14.4 Å². The summed E-state index contributed by atoms with van der Waals surface area (Å²) in [6.07, 6.45) is 8.57. The first-order valence-corrected chi connectivity index (χ1v) is 17.8. The molecule has 5 heterocycles. The van der Waals surface area contributed by atoms with Crippen LogP contribution in [0.4, 0.5) is 27.7 Å². The minimum atomic E-state index is -0.523. The lowest BCUT2D eigenvalue weighted by Crippen LogP contribution is -2.50. The number of hydrogen-bond acceptors (Lipinski definition) is 7. The van der Waals surface area contributed by atoms with Gasteiger partial charge in [0.15, 0.2) is 0 Å². The third kappa shape index (κ3) is 6.48. The molecular formula is C39H47N7O4. The molecule has 1 aromatic carbocycles. The molecule has 4 aromatic rings. The quantitative estimate of drug-likeness (QED) is 0.261. The van der Waals surface area contributed by atoms with Crippen molar-refractivity contribution in [1.82, 2.24) is 19.0 Å². The van der Waals surface area contributed by atoms with E-state index in [1.165, 1.54) is 24.1 Å². The van der Waals surface area contributed by atoms with Crippen LogP contribution in [0.3, 0.4) is 0 Å². The van der Waals surface area contributed by atoms with Crippen LogP contribution in [0, 0.1) is 0 Å². The van der Waals surface area contributed by atoms with Crippen molar-refractivity contribution in [3.63, 3.8) is 0 Å². The van der Waals surface area contributed by atoms with Gasteiger partial charge in [0.2, 0.25) is 0 Å². The van der Waals surface area contributed by atoms with E-state index in [0.29, 0.717) is 44.2 Å². The molecule has 1 saturated heterocycles. The summed E-state index contributed by atoms with van der Waals surface area (Å²) >= 11 is 0. The molecule has 0 spiro atoms. The normalized spacial score (nSPS) is 16.3. The van der Waals surface area contributed by atoms with Crippen LogP contribution in [0.1, 0.15) is 67.8 Å². The van der Waals surface area contributed by atoms with Gasteiger partial charge in [-0.1, -0.05) is 19.1 Å². The van der Waals surface area contributed by atoms with Gasteiger partial charge in [0, 0.05) is 69.5 Å². The molecule has 2 aliphatic heterocycles. The van der Waals surface area contributed by atoms with Gasteiger partial charge >= 0.3 is 6.09 Å². The second-order valence-electron chi connectivity index (χ2n) is 14.5. The highest BCUT2D eigenvalue weighted by Gasteiger charge is 2.32. The molecule has 1 aliphatic carbocycles. The molecule has 262 valence electrons. The van der Waals surface area contributed by atoms with Gasteiger partial charge < -0.3 is 33.9 Å². The standard InChI is InChI=1S/C39H47N7O4/c1-6-29-30(11-9-13-33(29)46-21-20-45-32-12-8-7-10-26(32)23-34(45)37(46)48)27-22-31(36(47)42(5)25-27)41-35-15-14-28(24-40-35)43-16-18-44(19-17-43)38(49)50-39(2,3)4/h9,11,13-15,22-25H,6-8,10,12,16-21H2,1-5H3,(H,40,41). The number of aryl methyl sites for hydroxylation is 2. The first-order valence-electron chi connectivity index (χ1n) is 17.8. The van der Waals surface area contributed by atoms with Gasteiger partial charge in [0.05, 0.1) is 11.9 Å². The van der Waals surface area contributed by atoms with Crippen molar-refractivity contribution >= 4 is 34.9 Å². The number of anilines is 4. The van der Waals surface area contributed by atoms with Gasteiger partial charge in [-0.15, -0.1) is 0 Å². The SMILES string of the molecule is CCc1c(-c2cc(Nc3ccc(N4CCN(C(=O)OC(C)(C)C)CC4)cn3)c(=O)n(C)c2)cccc1N1CCn2c(cc3c2CCCC3)C1=O. The van der Waals surface area contributed by atoms with Gasteiger partial charge in [0.1, 0.15) is 22.8 Å². The van der Waals surface area contributed by atoms with Crippen LogP contribution in [0.15, 0.2) is 59.7 Å². The van der Waals surface area contributed by atoms with E-state index in [-0.39, 0.29) is 17.6 Å². The smallest absolute Gasteiger partial charge is 0.410 e. The maximum atomic E-state index is 13.9. The molecule has 11 nitrogen and oxygen atoms in total. The summed E-state index contributed by atoms with van der Waals surface area (Å²) in [7, 11) is 1.75. The number of aromatic nitrogens is 3. The average molecular weight is 678 g/mol. The van der Waals surface area contributed by atoms with Crippen LogP contribution in [-0.2, 0) is 37.6 Å². The molecule has 1 N–H and O–H groups in total. The molecule has 0 radical (unpaired) electrons. The van der Waals surface area contributed by atoms with Crippen molar-refractivity contribution in [2.75, 3.05) is 47.8 Å². The fraction of sp³-hybridized carbons (Fsp3) is 0.436. The number of carbonyl (C=O) groups excluding carboxylic acids is 2. The van der Waals surface area contributed by atoms with Crippen LogP contribution in [0.5, 0.6) is 0 Å². The highest BCUT2D eigenvalue weighted by atomic mass is 16.6. The Kier molecular flexibility index (Phi) is 8.92. The summed E-state index contributed by atoms with van der Waals surface area (Å²) in [6, 6.07) is 14.0. The van der Waals surface area contributed by atoms with Gasteiger partial charge in [0.25, 0.3) is 11.5 Å². The van der Waals surface area contributed by atoms with Crippen molar-refractivity contribution in [3.8, 4) is 11.1 Å². The molecule has 3 aromatic heterocycles. The summed E-state index contributed by atoms with van der Waals surface area (Å²) in [5, 5.41) is 3.25. The molecule has 0 bridgehead atoms. The zero-order valence-corrected chi connectivity index (χ0v) is 29.8. The summed E-state index contributed by atoms with van der Waals surface area (Å²) in [5.74, 6) is 0.615. The predicted octanol–water partition coefficient (Wildman–Crippen LogP) is 6.15. The first-order chi connectivity index (χ1) is 24.0. The molecular weight excluding hydrogens is 630 g/mol. The fourth-order valence-electron chi connectivity index (χ4n) is 7.54. The Morgan fingerprint density at radius 1 is 0.960 bits per heavy atom. The Hall–Kier alpha value is -5.06. The number of pyridine rings is 2. The van der Waals surface area contributed by atoms with Gasteiger partial charge in [-0.3, -0.25) is 9.59 Å². The molecule has 2 amide bonds. The van der Waals surface area contributed by atoms with Crippen molar-refractivity contribution in [1.29, 1.82) is 0 Å². The highest BCUT2D eigenvalue weighted by Crippen LogP contribution is 2.36. The molecule has 0 saturated carbocycles. The topological polar surface area (TPSA) is 105 Å². The summed E-state index contributed by atoms with van der Waals surface area (Å²) in [5.41, 5.74) is 8.03. The molecule has 50 heavy (non-hydrogen) atoms. The molecule has 0 unspecified atom stereocenters. The lowest BCUT2D eigenvalue weighted by molar-refractivity contribution is 0.0240. The number of benzene rings is 1. The van der Waals surface area contributed by atoms with E-state index in [2.05, 4.69) is 38.8 Å². The van der Waals surface area contributed by atoms with Crippen molar-refractivity contribution in [2.45, 2.75) is 71.9 Å². The van der Waals surface area contributed by atoms with Gasteiger partial charge in [-0.05, 0) is 99.9 Å². The Morgan fingerprint density at radius 3 is 2.46 bits per heavy atom. The second kappa shape index (κ2) is 13.3. The van der Waals surface area contributed by atoms with Crippen molar-refractivity contribution < 1.29 is 14.3 Å². The van der Waals surface area contributed by atoms with Crippen LogP contribution < -0.4 is 20.7 Å². The van der Waals surface area contributed by atoms with E-state index < -0.39 is 5.60 Å². The number of amides is 2. The molecule has 1 fully saturated rings. The Morgan fingerprint density at radius 2 is 1.74 bits per heavy atom. The lowest BCUT2D eigenvalue weighted by atomic mass is 9.96. The van der Waals surface area contributed by atoms with E-state index in [1.54, 1.807) is 22.7 Å². The van der Waals surface area contributed by atoms with E-state index in [1.807, 2.05) is 62.2 Å². The Balaban J connectivity index is 1.09. The summed E-state index contributed by atoms with van der Waals surface area (Å²) in [6.45, 7) is 11.6. The largest absolute Gasteiger partial charge is 0.444 e. The average Bonchev–Trinajstić information content (AvgIpc) is 3.49. The zero-order chi connectivity index (χ0) is 35.2. The number of piperazine rings is 1. The Bertz CT molecular complexity index is 1980. The van der Waals surface area contributed by atoms with E-state index in [0.717, 1.165) is 59.6 Å². The predicted molar refractivity (Wildman–Crippen MR) is 197 cm³/mol. The summed E-state index contributed by atoms with van der Waals surface area (Å²) in [4.78, 5) is 50.2. The fourth-order valence-corrected chi connectivity index (χ4v) is 7.54. The zero-order valence-electron chi connectivity index (χ0n) is 29.8. The minimum absolute atomic E-state index is 0.0553. The number of carbonyl (C=O) groups is 2. The van der Waals surface area contributed by atoms with Crippen LogP contribution >= 0.6 is 0 Å². The third-order valence-corrected chi connectivity index (χ3v) is 10.0. The number of ether oxygens (including phenoxy) is 1. The van der Waals surface area contributed by atoms with Crippen LogP contribution in [0.25, 0.3) is 11.1 Å². The minimum Gasteiger partial charge on any atom is -0.444 e.